The van der Waals surface area contributed by atoms with Crippen LogP contribution in [0, 0.1) is 0 Å². The maximum atomic E-state index is 11.1. The van der Waals surface area contributed by atoms with Crippen LogP contribution in [0.25, 0.3) is 10.8 Å². The van der Waals surface area contributed by atoms with E-state index in [4.69, 9.17) is 19.6 Å². The molecule has 20 heavy (non-hydrogen) atoms. The smallest absolute Gasteiger partial charge is 0.324 e. The highest BCUT2D eigenvalue weighted by molar-refractivity contribution is 7.51. The van der Waals surface area contributed by atoms with E-state index < -0.39 is 27.5 Å². The lowest BCUT2D eigenvalue weighted by Crippen LogP contribution is -1.93. The maximum Gasteiger partial charge on any atom is 0.329 e. The third kappa shape index (κ3) is 4.00. The molecule has 0 saturated carbocycles. The van der Waals surface area contributed by atoms with E-state index in [2.05, 4.69) is 0 Å². The minimum atomic E-state index is -4.20. The first-order valence-corrected chi connectivity index (χ1v) is 9.34. The van der Waals surface area contributed by atoms with E-state index in [0.717, 1.165) is 0 Å². The van der Waals surface area contributed by atoms with Crippen molar-refractivity contribution >= 4 is 26.0 Å². The third-order valence-electron chi connectivity index (χ3n) is 2.86. The number of benzene rings is 2. The topological polar surface area (TPSA) is 115 Å². The van der Waals surface area contributed by atoms with Crippen LogP contribution >= 0.6 is 15.2 Å². The normalized spacial score (nSPS) is 12.8. The number of fused-ring (bicyclic) bond motifs is 1. The van der Waals surface area contributed by atoms with Crippen LogP contribution in [0.1, 0.15) is 11.1 Å². The van der Waals surface area contributed by atoms with Crippen LogP contribution in [-0.2, 0) is 21.5 Å². The molecule has 0 aliphatic rings. The van der Waals surface area contributed by atoms with Crippen molar-refractivity contribution in [1.29, 1.82) is 0 Å². The molecule has 0 saturated heterocycles. The number of rotatable bonds is 4. The van der Waals surface area contributed by atoms with E-state index in [1.54, 1.807) is 36.4 Å². The monoisotopic (exact) mass is 316 g/mol. The molecule has 2 aromatic rings. The maximum absolute atomic E-state index is 11.1. The lowest BCUT2D eigenvalue weighted by Gasteiger charge is -2.12. The van der Waals surface area contributed by atoms with Crippen LogP contribution in [0.5, 0.6) is 0 Å². The van der Waals surface area contributed by atoms with Crippen LogP contribution in [0.4, 0.5) is 0 Å². The molecule has 0 aliphatic carbocycles. The molecule has 0 spiro atoms. The summed E-state index contributed by atoms with van der Waals surface area (Å²) < 4.78 is 22.3. The zero-order valence-corrected chi connectivity index (χ0v) is 12.2. The van der Waals surface area contributed by atoms with E-state index in [9.17, 15) is 9.13 Å². The summed E-state index contributed by atoms with van der Waals surface area (Å²) in [6.45, 7) is 0. The summed E-state index contributed by atoms with van der Waals surface area (Å²) in [7, 11) is -8.40. The Kier molecular flexibility index (Phi) is 4.17. The summed E-state index contributed by atoms with van der Waals surface area (Å²) >= 11 is 0. The summed E-state index contributed by atoms with van der Waals surface area (Å²) in [6, 6.07) is 9.81. The van der Waals surface area contributed by atoms with Crippen LogP contribution < -0.4 is 0 Å². The van der Waals surface area contributed by atoms with Crippen molar-refractivity contribution in [3.05, 3.63) is 47.5 Å². The lowest BCUT2D eigenvalue weighted by atomic mass is 10.0. The highest BCUT2D eigenvalue weighted by atomic mass is 31.2. The molecular weight excluding hydrogens is 302 g/mol. The van der Waals surface area contributed by atoms with E-state index in [-0.39, 0.29) is 0 Å². The fourth-order valence-electron chi connectivity index (χ4n) is 2.16. The largest absolute Gasteiger partial charge is 0.329 e. The van der Waals surface area contributed by atoms with Gasteiger partial charge in [0.25, 0.3) is 0 Å². The highest BCUT2D eigenvalue weighted by Crippen LogP contribution is 2.43. The van der Waals surface area contributed by atoms with Crippen molar-refractivity contribution in [2.45, 2.75) is 12.3 Å². The van der Waals surface area contributed by atoms with E-state index >= 15 is 0 Å². The predicted octanol–water partition coefficient (Wildman–Crippen LogP) is 2.20. The van der Waals surface area contributed by atoms with Crippen LogP contribution in [0.2, 0.25) is 0 Å². The Bertz CT molecular complexity index is 667. The first-order valence-electron chi connectivity index (χ1n) is 5.74. The van der Waals surface area contributed by atoms with Gasteiger partial charge in [-0.2, -0.15) is 0 Å². The van der Waals surface area contributed by atoms with Crippen molar-refractivity contribution in [3.8, 4) is 0 Å². The number of hydrogen-bond donors (Lipinski definition) is 4. The van der Waals surface area contributed by atoms with Gasteiger partial charge in [0.05, 0.1) is 12.3 Å². The molecule has 0 aromatic heterocycles. The average Bonchev–Trinajstić information content (AvgIpc) is 2.26. The first kappa shape index (κ1) is 15.4. The highest BCUT2D eigenvalue weighted by Gasteiger charge is 2.19. The second kappa shape index (κ2) is 5.41. The lowest BCUT2D eigenvalue weighted by molar-refractivity contribution is 0.369. The minimum Gasteiger partial charge on any atom is -0.324 e. The Morgan fingerprint density at radius 1 is 0.700 bits per heavy atom. The molecule has 0 heterocycles. The van der Waals surface area contributed by atoms with Crippen molar-refractivity contribution in [1.82, 2.24) is 0 Å². The molecule has 0 radical (unpaired) electrons. The molecular formula is C12H14O6P2. The van der Waals surface area contributed by atoms with Gasteiger partial charge in [0.1, 0.15) is 0 Å². The fraction of sp³-hybridized carbons (Fsp3) is 0.167. The summed E-state index contributed by atoms with van der Waals surface area (Å²) in [5.74, 6) is 0. The Morgan fingerprint density at radius 2 is 1.05 bits per heavy atom. The predicted molar refractivity (Wildman–Crippen MR) is 75.4 cm³/mol. The quantitative estimate of drug-likeness (QED) is 0.643. The second-order valence-corrected chi connectivity index (χ2v) is 7.87. The van der Waals surface area contributed by atoms with Crippen molar-refractivity contribution in [3.63, 3.8) is 0 Å². The molecule has 6 nitrogen and oxygen atoms in total. The van der Waals surface area contributed by atoms with Gasteiger partial charge in [-0.25, -0.2) is 0 Å². The summed E-state index contributed by atoms with van der Waals surface area (Å²) in [6.07, 6.45) is -0.798. The van der Waals surface area contributed by atoms with Gasteiger partial charge in [-0.05, 0) is 21.9 Å². The summed E-state index contributed by atoms with van der Waals surface area (Å²) in [4.78, 5) is 36.3. The average molecular weight is 316 g/mol. The standard InChI is InChI=1S/C12H14O6P2/c13-19(14,15)7-9-3-1-5-11-10(8-20(16,17)18)4-2-6-12(9)11/h1-6H,7-8H2,(H2,13,14,15)(H2,16,17,18). The SMILES string of the molecule is O=P(O)(O)Cc1cccc2c(CP(=O)(O)O)cccc12. The van der Waals surface area contributed by atoms with Crippen LogP contribution in [0.3, 0.4) is 0 Å². The first-order chi connectivity index (χ1) is 9.16. The minimum absolute atomic E-state index is 0.399. The Hall–Kier alpha value is -1.00. The van der Waals surface area contributed by atoms with Crippen LogP contribution in [0.15, 0.2) is 36.4 Å². The van der Waals surface area contributed by atoms with Crippen molar-refractivity contribution in [2.24, 2.45) is 0 Å². The van der Waals surface area contributed by atoms with Gasteiger partial charge < -0.3 is 19.6 Å². The molecule has 0 amide bonds. The van der Waals surface area contributed by atoms with Gasteiger partial charge in [0, 0.05) is 0 Å². The van der Waals surface area contributed by atoms with Gasteiger partial charge >= 0.3 is 15.2 Å². The van der Waals surface area contributed by atoms with E-state index in [0.29, 0.717) is 21.9 Å². The van der Waals surface area contributed by atoms with Crippen molar-refractivity contribution in [2.75, 3.05) is 0 Å². The van der Waals surface area contributed by atoms with Gasteiger partial charge in [-0.3, -0.25) is 9.13 Å². The van der Waals surface area contributed by atoms with Gasteiger partial charge in [0.15, 0.2) is 0 Å². The molecule has 0 aliphatic heterocycles. The summed E-state index contributed by atoms with van der Waals surface area (Å²) in [5.41, 5.74) is 0.923. The van der Waals surface area contributed by atoms with Crippen molar-refractivity contribution < 1.29 is 28.7 Å². The molecule has 0 bridgehead atoms. The number of hydrogen-bond acceptors (Lipinski definition) is 2. The molecule has 108 valence electrons. The fourth-order valence-corrected chi connectivity index (χ4v) is 3.60. The molecule has 4 N–H and O–H groups in total. The van der Waals surface area contributed by atoms with Gasteiger partial charge in [-0.15, -0.1) is 0 Å². The van der Waals surface area contributed by atoms with E-state index in [1.165, 1.54) is 0 Å². The Balaban J connectivity index is 2.57. The zero-order valence-electron chi connectivity index (χ0n) is 10.4. The van der Waals surface area contributed by atoms with E-state index in [1.807, 2.05) is 0 Å². The molecule has 2 aromatic carbocycles. The Morgan fingerprint density at radius 3 is 1.35 bits per heavy atom. The van der Waals surface area contributed by atoms with Gasteiger partial charge in [-0.1, -0.05) is 36.4 Å². The molecule has 2 rings (SSSR count). The third-order valence-corrected chi connectivity index (χ3v) is 4.36. The summed E-state index contributed by atoms with van der Waals surface area (Å²) in [5, 5.41) is 1.20. The molecule has 0 fully saturated rings. The van der Waals surface area contributed by atoms with Crippen LogP contribution in [-0.4, -0.2) is 19.6 Å². The zero-order chi connectivity index (χ0) is 15.0. The second-order valence-electron chi connectivity index (χ2n) is 4.57. The molecule has 8 heteroatoms. The molecule has 0 unspecified atom stereocenters. The molecule has 0 atom stereocenters. The Labute approximate surface area is 115 Å². The van der Waals surface area contributed by atoms with Gasteiger partial charge in [0.2, 0.25) is 0 Å².